The van der Waals surface area contributed by atoms with E-state index in [9.17, 15) is 0 Å². The molecule has 138 heavy (non-hydrogen) atoms. The molecule has 10 aromatic heterocycles. The van der Waals surface area contributed by atoms with Gasteiger partial charge in [-0.1, -0.05) is 438 Å². The number of thiophene rings is 8. The zero-order valence-electron chi connectivity index (χ0n) is 86.1. The lowest BCUT2D eigenvalue weighted by molar-refractivity contribution is 0.394. The maximum atomic E-state index is 5.18. The smallest absolute Gasteiger partial charge is 0.114 e. The fraction of sp³-hybridized carbons (Fsp3) is 0.597. The summed E-state index contributed by atoms with van der Waals surface area (Å²) in [6, 6.07) is 49.8. The molecule has 0 N–H and O–H groups in total. The Morgan fingerprint density at radius 2 is 0.377 bits per heavy atom. The second-order valence-corrected chi connectivity index (χ2v) is 51.7. The van der Waals surface area contributed by atoms with Crippen LogP contribution in [0.1, 0.15) is 484 Å². The minimum absolute atomic E-state index is 0.0681. The van der Waals surface area contributed by atoms with Crippen LogP contribution in [0.15, 0.2) is 121 Å². The highest BCUT2D eigenvalue weighted by atomic mass is 32.1. The number of rotatable bonds is 74. The van der Waals surface area contributed by atoms with Crippen LogP contribution in [0.2, 0.25) is 0 Å². The molecule has 0 amide bonds. The van der Waals surface area contributed by atoms with E-state index in [-0.39, 0.29) is 10.8 Å². The molecule has 0 saturated carbocycles. The van der Waals surface area contributed by atoms with E-state index in [1.165, 1.54) is 538 Å². The van der Waals surface area contributed by atoms with E-state index >= 15 is 0 Å². The van der Waals surface area contributed by atoms with Crippen molar-refractivity contribution in [2.45, 2.75) is 476 Å². The van der Waals surface area contributed by atoms with Crippen molar-refractivity contribution in [2.24, 2.45) is 0 Å². The van der Waals surface area contributed by atoms with Gasteiger partial charge in [-0.2, -0.15) is 17.5 Å². The molecule has 14 heteroatoms. The summed E-state index contributed by atoms with van der Waals surface area (Å²) in [5.74, 6) is 0. The van der Waals surface area contributed by atoms with Crippen molar-refractivity contribution in [3.63, 3.8) is 0 Å². The van der Waals surface area contributed by atoms with E-state index in [0.717, 1.165) is 22.1 Å². The van der Waals surface area contributed by atoms with Crippen molar-refractivity contribution in [3.05, 3.63) is 153 Å². The van der Waals surface area contributed by atoms with Gasteiger partial charge >= 0.3 is 0 Å². The third kappa shape index (κ3) is 29.2. The Bertz CT molecular complexity index is 5260. The lowest BCUT2D eigenvalue weighted by atomic mass is 9.68. The largest absolute Gasteiger partial charge is 0.172 e. The SMILES string of the molecule is CCCCCCCCCCCCc1ccc(-c2ccc(-c3ccc(-c4ccc(-c5cc6c(s5)-c5cc7c(cc5C6(CCCCCCCCCCCC)CCCCCCCCCCCC)-c5sc(-c6ccc(-c8ccc(-c9ccc(-c%10ccc(CCCCCCCCCCCC)s%10)s9)c9nsnc89)s6)cc5C7(CCCCCCCCCCCC)CCCCCCCCCCCC)s4)c4nsnc34)s2)s1. The van der Waals surface area contributed by atoms with Crippen molar-refractivity contribution >= 4 is 136 Å². The van der Waals surface area contributed by atoms with Crippen molar-refractivity contribution in [1.29, 1.82) is 0 Å². The number of nitrogens with zero attached hydrogens (tertiary/aromatic N) is 4. The molecule has 0 spiro atoms. The summed E-state index contributed by atoms with van der Waals surface area (Å²) in [4.78, 5) is 22.5. The van der Waals surface area contributed by atoms with Crippen LogP contribution in [-0.4, -0.2) is 17.5 Å². The fourth-order valence-electron chi connectivity index (χ4n) is 23.0. The van der Waals surface area contributed by atoms with E-state index in [1.54, 1.807) is 43.1 Å². The lowest BCUT2D eigenvalue weighted by Gasteiger charge is -2.34. The number of hydrogen-bond donors (Lipinski definition) is 0. The molecule has 15 rings (SSSR count). The highest BCUT2D eigenvalue weighted by molar-refractivity contribution is 7.27. The zero-order chi connectivity index (χ0) is 95.0. The van der Waals surface area contributed by atoms with Crippen LogP contribution in [0.3, 0.4) is 0 Å². The maximum Gasteiger partial charge on any atom is 0.114 e. The number of hydrogen-bond acceptors (Lipinski definition) is 14. The standard InChI is InChI=1S/C124H170N4S10/c1-7-13-19-25-31-37-43-49-55-61-67-93-69-75-109(129-93)111-81-77-105(131-111)95-71-73-97(119-117(95)125-137-127-119)107-79-83-113(133-107)115-91-103-121(135-115)99-89-102-100(90-101(99)123(103,85-63-57-51-45-39-33-27-21-15-9-3)86-64-58-52-46-40-34-28-22-16-10-4)122-104(124(102,87-65-59-53-47-41-35-29-23-17-11-5)88-66-60-54-48-42-36-30-24-18-12-6)92-116(136-122)114-84-80-108(134-114)98-74-72-96(118-120(98)128-138-126-118)106-78-82-112(132-106)110-76-70-94(130-110)68-62-56-50-44-38-32-26-20-14-8-2/h69-84,89-92H,7-68,85-88H2,1-6H3. The predicted molar refractivity (Wildman–Crippen MR) is 624 cm³/mol. The second-order valence-electron chi connectivity index (χ2n) is 41.8. The molecule has 0 saturated heterocycles. The number of benzene rings is 3. The van der Waals surface area contributed by atoms with Crippen molar-refractivity contribution < 1.29 is 0 Å². The van der Waals surface area contributed by atoms with Gasteiger partial charge in [0.15, 0.2) is 0 Å². The van der Waals surface area contributed by atoms with Crippen LogP contribution in [0.25, 0.3) is 124 Å². The van der Waals surface area contributed by atoms with Gasteiger partial charge < -0.3 is 0 Å². The Morgan fingerprint density at radius 3 is 0.623 bits per heavy atom. The van der Waals surface area contributed by atoms with E-state index in [1.807, 2.05) is 68.0 Å². The minimum atomic E-state index is -0.0681. The first-order valence-corrected chi connectivity index (χ1v) is 64.8. The molecule has 10 heterocycles. The van der Waals surface area contributed by atoms with Gasteiger partial charge in [0.2, 0.25) is 0 Å². The summed E-state index contributed by atoms with van der Waals surface area (Å²) >= 11 is 18.9. The summed E-state index contributed by atoms with van der Waals surface area (Å²) in [5.41, 5.74) is 18.7. The first-order valence-electron chi connectivity index (χ1n) is 56.8. The normalized spacial score (nSPS) is 13.1. The first-order chi connectivity index (χ1) is 68.3. The van der Waals surface area contributed by atoms with Crippen LogP contribution in [0.5, 0.6) is 0 Å². The third-order valence-electron chi connectivity index (χ3n) is 31.2. The van der Waals surface area contributed by atoms with E-state index < -0.39 is 0 Å². The monoisotopic (exact) mass is 2040 g/mol. The van der Waals surface area contributed by atoms with E-state index in [4.69, 9.17) is 17.5 Å². The molecule has 746 valence electrons. The van der Waals surface area contributed by atoms with E-state index in [2.05, 4.69) is 186 Å². The molecule has 3 aromatic carbocycles. The number of unbranched alkanes of at least 4 members (excludes halogenated alkanes) is 54. The van der Waals surface area contributed by atoms with Crippen molar-refractivity contribution in [3.8, 4) is 102 Å². The van der Waals surface area contributed by atoms with Crippen LogP contribution < -0.4 is 0 Å². The summed E-state index contributed by atoms with van der Waals surface area (Å²) in [6.45, 7) is 14.1. The molecule has 0 aliphatic heterocycles. The first kappa shape index (κ1) is 107. The summed E-state index contributed by atoms with van der Waals surface area (Å²) < 4.78 is 20.6. The molecule has 0 atom stereocenters. The maximum absolute atomic E-state index is 5.18. The highest BCUT2D eigenvalue weighted by Gasteiger charge is 2.50. The average molecular weight is 2040 g/mol. The summed E-state index contributed by atoms with van der Waals surface area (Å²) in [5, 5.41) is 0. The summed E-state index contributed by atoms with van der Waals surface area (Å²) in [7, 11) is 0. The Labute approximate surface area is 876 Å². The van der Waals surface area contributed by atoms with Crippen LogP contribution in [0, 0.1) is 0 Å². The Kier molecular flexibility index (Phi) is 45.3. The van der Waals surface area contributed by atoms with Gasteiger partial charge in [-0.25, -0.2) is 0 Å². The Hall–Kier alpha value is -5.10. The molecule has 0 bridgehead atoms. The molecule has 4 nitrogen and oxygen atoms in total. The quantitative estimate of drug-likeness (QED) is 0.0357. The number of aryl methyl sites for hydroxylation is 2. The third-order valence-corrected chi connectivity index (χ3v) is 42.1. The molecular weight excluding hydrogens is 1870 g/mol. The molecule has 13 aromatic rings. The van der Waals surface area contributed by atoms with Gasteiger partial charge in [0, 0.05) is 111 Å². The van der Waals surface area contributed by atoms with Crippen LogP contribution in [-0.2, 0) is 23.7 Å². The topological polar surface area (TPSA) is 51.6 Å². The molecular formula is C124H170N4S10. The lowest BCUT2D eigenvalue weighted by Crippen LogP contribution is -2.27. The summed E-state index contributed by atoms with van der Waals surface area (Å²) in [6.07, 6.45) is 89.2. The van der Waals surface area contributed by atoms with Crippen LogP contribution >= 0.6 is 114 Å². The second kappa shape index (κ2) is 58.3. The highest BCUT2D eigenvalue weighted by Crippen LogP contribution is 2.66. The van der Waals surface area contributed by atoms with Gasteiger partial charge in [0.25, 0.3) is 0 Å². The van der Waals surface area contributed by atoms with Crippen molar-refractivity contribution in [1.82, 2.24) is 17.5 Å². The molecule has 0 radical (unpaired) electrons. The molecule has 0 unspecified atom stereocenters. The Morgan fingerprint density at radius 1 is 0.174 bits per heavy atom. The minimum Gasteiger partial charge on any atom is -0.172 e. The number of fused-ring (bicyclic) bond motifs is 8. The van der Waals surface area contributed by atoms with Gasteiger partial charge in [-0.05, 0) is 182 Å². The molecule has 2 aliphatic rings. The fourth-order valence-corrected chi connectivity index (χ4v) is 33.3. The van der Waals surface area contributed by atoms with Crippen LogP contribution in [0.4, 0.5) is 0 Å². The van der Waals surface area contributed by atoms with Crippen molar-refractivity contribution in [2.75, 3.05) is 0 Å². The van der Waals surface area contributed by atoms with E-state index in [0.29, 0.717) is 0 Å². The number of aromatic nitrogens is 4. The zero-order valence-corrected chi connectivity index (χ0v) is 94.3. The van der Waals surface area contributed by atoms with Gasteiger partial charge in [-0.15, -0.1) is 90.7 Å². The van der Waals surface area contributed by atoms with Gasteiger partial charge in [0.1, 0.15) is 22.1 Å². The average Bonchev–Trinajstić information content (AvgIpc) is 1.52. The van der Waals surface area contributed by atoms with Gasteiger partial charge in [0.05, 0.1) is 23.5 Å². The predicted octanol–water partition coefficient (Wildman–Crippen LogP) is 46.2. The Balaban J connectivity index is 0.753. The van der Waals surface area contributed by atoms with Gasteiger partial charge in [-0.3, -0.25) is 0 Å². The molecule has 0 fully saturated rings. The molecule has 2 aliphatic carbocycles.